The van der Waals surface area contributed by atoms with Crippen LogP contribution in [-0.4, -0.2) is 30.3 Å². The topological polar surface area (TPSA) is 142 Å². The molecule has 0 unspecified atom stereocenters. The van der Waals surface area contributed by atoms with E-state index in [1.165, 1.54) is 12.1 Å². The number of carbonyl (C=O) groups excluding carboxylic acids is 4. The van der Waals surface area contributed by atoms with E-state index in [0.29, 0.717) is 0 Å². The van der Waals surface area contributed by atoms with Gasteiger partial charge in [0.05, 0.1) is 17.7 Å². The van der Waals surface area contributed by atoms with E-state index >= 15 is 0 Å². The van der Waals surface area contributed by atoms with Gasteiger partial charge in [-0.1, -0.05) is 0 Å². The van der Waals surface area contributed by atoms with Gasteiger partial charge in [-0.3, -0.25) is 14.4 Å². The minimum Gasteiger partial charge on any atom is -0.459 e. The van der Waals surface area contributed by atoms with Crippen LogP contribution in [0.4, 0.5) is 5.69 Å². The van der Waals surface area contributed by atoms with Gasteiger partial charge in [-0.15, -0.1) is 0 Å². The van der Waals surface area contributed by atoms with Gasteiger partial charge < -0.3 is 21.5 Å². The Morgan fingerprint density at radius 1 is 1.10 bits per heavy atom. The molecule has 0 spiro atoms. The van der Waals surface area contributed by atoms with Crippen molar-refractivity contribution in [3.05, 3.63) is 29.3 Å². The summed E-state index contributed by atoms with van der Waals surface area (Å²) < 4.78 is 4.50. The number of carbonyl (C=O) groups is 4. The molecule has 0 radical (unpaired) electrons. The van der Waals surface area contributed by atoms with E-state index in [0.717, 1.165) is 6.07 Å². The number of hydrogen-bond acceptors (Lipinski definition) is 5. The van der Waals surface area contributed by atoms with Gasteiger partial charge in [-0.25, -0.2) is 4.79 Å². The van der Waals surface area contributed by atoms with Gasteiger partial charge in [0.1, 0.15) is 0 Å². The fourth-order valence-electron chi connectivity index (χ4n) is 1.42. The van der Waals surface area contributed by atoms with Crippen LogP contribution in [0, 0.1) is 0 Å². The first-order valence-corrected chi connectivity index (χ1v) is 5.58. The van der Waals surface area contributed by atoms with E-state index in [2.05, 4.69) is 10.1 Å². The van der Waals surface area contributed by atoms with Crippen molar-refractivity contribution in [1.29, 1.82) is 0 Å². The van der Waals surface area contributed by atoms with Crippen molar-refractivity contribution in [1.82, 2.24) is 0 Å². The van der Waals surface area contributed by atoms with Crippen molar-refractivity contribution in [3.8, 4) is 0 Å². The summed E-state index contributed by atoms with van der Waals surface area (Å²) in [5.74, 6) is -3.78. The molecule has 0 fully saturated rings. The maximum atomic E-state index is 11.4. The van der Waals surface area contributed by atoms with Gasteiger partial charge >= 0.3 is 11.9 Å². The maximum Gasteiger partial charge on any atom is 0.397 e. The highest BCUT2D eigenvalue weighted by Crippen LogP contribution is 2.15. The molecule has 20 heavy (non-hydrogen) atoms. The molecular weight excluding hydrogens is 266 g/mol. The summed E-state index contributed by atoms with van der Waals surface area (Å²) in [6.07, 6.45) is 0. The summed E-state index contributed by atoms with van der Waals surface area (Å²) in [5, 5.41) is 2.21. The van der Waals surface area contributed by atoms with Crippen molar-refractivity contribution in [2.24, 2.45) is 11.5 Å². The van der Waals surface area contributed by atoms with Gasteiger partial charge in [0.25, 0.3) is 0 Å². The lowest BCUT2D eigenvalue weighted by molar-refractivity contribution is -0.152. The Morgan fingerprint density at radius 2 is 1.70 bits per heavy atom. The summed E-state index contributed by atoms with van der Waals surface area (Å²) >= 11 is 0. The molecule has 0 aliphatic rings. The van der Waals surface area contributed by atoms with Crippen LogP contribution in [0.2, 0.25) is 0 Å². The molecule has 0 heterocycles. The van der Waals surface area contributed by atoms with Crippen molar-refractivity contribution >= 4 is 29.4 Å². The molecule has 1 rings (SSSR count). The smallest absolute Gasteiger partial charge is 0.397 e. The normalized spacial score (nSPS) is 9.65. The van der Waals surface area contributed by atoms with Crippen LogP contribution >= 0.6 is 0 Å². The van der Waals surface area contributed by atoms with Crippen molar-refractivity contribution in [3.63, 3.8) is 0 Å². The van der Waals surface area contributed by atoms with Crippen LogP contribution in [0.5, 0.6) is 0 Å². The molecule has 8 nitrogen and oxygen atoms in total. The van der Waals surface area contributed by atoms with E-state index < -0.39 is 23.7 Å². The fourth-order valence-corrected chi connectivity index (χ4v) is 1.42. The van der Waals surface area contributed by atoms with E-state index in [9.17, 15) is 19.2 Å². The third-order valence-corrected chi connectivity index (χ3v) is 2.27. The number of nitrogens with two attached hydrogens (primary N) is 2. The number of amides is 3. The SMILES string of the molecule is CCOC(=O)C(=O)Nc1ccc(C(N)=O)c(C(N)=O)c1. The highest BCUT2D eigenvalue weighted by Gasteiger charge is 2.17. The molecule has 0 aromatic heterocycles. The first kappa shape index (κ1) is 15.2. The maximum absolute atomic E-state index is 11.4. The van der Waals surface area contributed by atoms with Crippen LogP contribution in [0.25, 0.3) is 0 Å². The Labute approximate surface area is 114 Å². The van der Waals surface area contributed by atoms with Crippen LogP contribution in [-0.2, 0) is 14.3 Å². The summed E-state index contributed by atoms with van der Waals surface area (Å²) in [4.78, 5) is 44.9. The zero-order chi connectivity index (χ0) is 15.3. The Kier molecular flexibility index (Phi) is 4.79. The second-order valence-electron chi connectivity index (χ2n) is 3.66. The molecule has 0 saturated carbocycles. The molecule has 0 saturated heterocycles. The van der Waals surface area contributed by atoms with E-state index in [-0.39, 0.29) is 23.4 Å². The lowest BCUT2D eigenvalue weighted by Crippen LogP contribution is -2.26. The molecule has 8 heteroatoms. The molecule has 0 aliphatic heterocycles. The molecule has 1 aromatic carbocycles. The number of rotatable bonds is 4. The third kappa shape index (κ3) is 3.55. The number of esters is 1. The van der Waals surface area contributed by atoms with Gasteiger partial charge in [0, 0.05) is 5.69 Å². The van der Waals surface area contributed by atoms with E-state index in [4.69, 9.17) is 11.5 Å². The fraction of sp³-hybridized carbons (Fsp3) is 0.167. The summed E-state index contributed by atoms with van der Waals surface area (Å²) in [6.45, 7) is 1.61. The Hall–Kier alpha value is -2.90. The molecule has 3 amide bonds. The molecule has 106 valence electrons. The van der Waals surface area contributed by atoms with Gasteiger partial charge in [0.2, 0.25) is 11.8 Å². The van der Waals surface area contributed by atoms with Crippen LogP contribution in [0.15, 0.2) is 18.2 Å². The summed E-state index contributed by atoms with van der Waals surface area (Å²) in [5.41, 5.74) is 10.1. The predicted molar refractivity (Wildman–Crippen MR) is 68.7 cm³/mol. The highest BCUT2D eigenvalue weighted by atomic mass is 16.5. The van der Waals surface area contributed by atoms with Crippen molar-refractivity contribution in [2.45, 2.75) is 6.92 Å². The zero-order valence-corrected chi connectivity index (χ0v) is 10.6. The highest BCUT2D eigenvalue weighted by molar-refractivity contribution is 6.37. The van der Waals surface area contributed by atoms with E-state index in [1.54, 1.807) is 6.92 Å². The lowest BCUT2D eigenvalue weighted by Gasteiger charge is -2.08. The summed E-state index contributed by atoms with van der Waals surface area (Å²) in [7, 11) is 0. The summed E-state index contributed by atoms with van der Waals surface area (Å²) in [6, 6.07) is 3.69. The second-order valence-corrected chi connectivity index (χ2v) is 3.66. The number of nitrogens with one attached hydrogen (secondary N) is 1. The number of primary amides is 2. The monoisotopic (exact) mass is 279 g/mol. The molecular formula is C12H13N3O5. The lowest BCUT2D eigenvalue weighted by atomic mass is 10.1. The predicted octanol–water partition coefficient (Wildman–Crippen LogP) is -0.614. The van der Waals surface area contributed by atoms with E-state index in [1.807, 2.05) is 0 Å². The Bertz CT molecular complexity index is 582. The van der Waals surface area contributed by atoms with Gasteiger partial charge in [0.15, 0.2) is 0 Å². The molecule has 1 aromatic rings. The average Bonchev–Trinajstić information content (AvgIpc) is 2.38. The number of hydrogen-bond donors (Lipinski definition) is 3. The van der Waals surface area contributed by atoms with Gasteiger partial charge in [-0.2, -0.15) is 0 Å². The minimum atomic E-state index is -1.06. The minimum absolute atomic E-state index is 0.0550. The van der Waals surface area contributed by atoms with Crippen LogP contribution in [0.1, 0.15) is 27.6 Å². The van der Waals surface area contributed by atoms with Gasteiger partial charge in [-0.05, 0) is 25.1 Å². The number of benzene rings is 1. The molecule has 0 atom stereocenters. The Morgan fingerprint density at radius 3 is 2.20 bits per heavy atom. The number of ether oxygens (including phenoxy) is 1. The molecule has 5 N–H and O–H groups in total. The third-order valence-electron chi connectivity index (χ3n) is 2.27. The first-order chi connectivity index (χ1) is 9.36. The molecule has 0 aliphatic carbocycles. The largest absolute Gasteiger partial charge is 0.459 e. The van der Waals surface area contributed by atoms with Crippen molar-refractivity contribution in [2.75, 3.05) is 11.9 Å². The second kappa shape index (κ2) is 6.32. The standard InChI is InChI=1S/C12H13N3O5/c1-2-20-12(19)11(18)15-6-3-4-7(9(13)16)8(5-6)10(14)17/h3-5H,2H2,1H3,(H2,13,16)(H2,14,17)(H,15,18). The molecule has 0 bridgehead atoms. The zero-order valence-electron chi connectivity index (χ0n) is 10.6. The number of anilines is 1. The quantitative estimate of drug-likeness (QED) is 0.497. The first-order valence-electron chi connectivity index (χ1n) is 5.58. The average molecular weight is 279 g/mol. The van der Waals surface area contributed by atoms with Crippen LogP contribution in [0.3, 0.4) is 0 Å². The van der Waals surface area contributed by atoms with Crippen LogP contribution < -0.4 is 16.8 Å². The van der Waals surface area contributed by atoms with Crippen molar-refractivity contribution < 1.29 is 23.9 Å². The Balaban J connectivity index is 3.01.